The summed E-state index contributed by atoms with van der Waals surface area (Å²) in [6.07, 6.45) is 6.91. The highest BCUT2D eigenvalue weighted by Crippen LogP contribution is 2.27. The van der Waals surface area contributed by atoms with E-state index in [4.69, 9.17) is 5.73 Å². The van der Waals surface area contributed by atoms with E-state index in [2.05, 4.69) is 18.7 Å². The van der Waals surface area contributed by atoms with Crippen molar-refractivity contribution in [3.8, 4) is 0 Å². The van der Waals surface area contributed by atoms with E-state index in [1.807, 2.05) is 0 Å². The molecule has 2 nitrogen and oxygen atoms in total. The summed E-state index contributed by atoms with van der Waals surface area (Å²) < 4.78 is 0. The fraction of sp³-hybridized carbons (Fsp3) is 1.00. The average molecular weight is 212 g/mol. The molecular formula is C13H28N2. The quantitative estimate of drug-likeness (QED) is 0.670. The standard InChI is InChI=1S/C13H28N2/c1-3-12(10-14)8-9-15(4-2)11-13-6-5-7-13/h12-13H,3-11,14H2,1-2H3. The molecule has 15 heavy (non-hydrogen) atoms. The fourth-order valence-electron chi connectivity index (χ4n) is 2.27. The molecule has 0 heterocycles. The summed E-state index contributed by atoms with van der Waals surface area (Å²) in [5, 5.41) is 0. The van der Waals surface area contributed by atoms with Crippen molar-refractivity contribution in [2.45, 2.75) is 46.0 Å². The van der Waals surface area contributed by atoms with E-state index in [1.165, 1.54) is 51.7 Å². The van der Waals surface area contributed by atoms with Crippen molar-refractivity contribution in [3.05, 3.63) is 0 Å². The van der Waals surface area contributed by atoms with Crippen molar-refractivity contribution < 1.29 is 0 Å². The third kappa shape index (κ3) is 4.52. The van der Waals surface area contributed by atoms with Crippen molar-refractivity contribution in [1.29, 1.82) is 0 Å². The molecule has 1 fully saturated rings. The number of nitrogens with zero attached hydrogens (tertiary/aromatic N) is 1. The lowest BCUT2D eigenvalue weighted by Crippen LogP contribution is -2.34. The first-order valence-corrected chi connectivity index (χ1v) is 6.72. The molecule has 0 amide bonds. The van der Waals surface area contributed by atoms with E-state index in [9.17, 15) is 0 Å². The highest BCUT2D eigenvalue weighted by molar-refractivity contribution is 4.74. The summed E-state index contributed by atoms with van der Waals surface area (Å²) in [5.74, 6) is 1.74. The first-order chi connectivity index (χ1) is 7.30. The van der Waals surface area contributed by atoms with E-state index in [0.717, 1.165) is 18.4 Å². The molecule has 2 N–H and O–H groups in total. The van der Waals surface area contributed by atoms with Crippen molar-refractivity contribution in [2.24, 2.45) is 17.6 Å². The number of hydrogen-bond donors (Lipinski definition) is 1. The van der Waals surface area contributed by atoms with E-state index in [-0.39, 0.29) is 0 Å². The Hall–Kier alpha value is -0.0800. The van der Waals surface area contributed by atoms with Gasteiger partial charge in [-0.2, -0.15) is 0 Å². The van der Waals surface area contributed by atoms with Crippen molar-refractivity contribution in [3.63, 3.8) is 0 Å². The maximum Gasteiger partial charge on any atom is 0.000954 e. The lowest BCUT2D eigenvalue weighted by atomic mass is 9.85. The minimum absolute atomic E-state index is 0.737. The van der Waals surface area contributed by atoms with Gasteiger partial charge in [0, 0.05) is 6.54 Å². The van der Waals surface area contributed by atoms with Crippen LogP contribution in [0, 0.1) is 11.8 Å². The Morgan fingerprint density at radius 2 is 2.07 bits per heavy atom. The van der Waals surface area contributed by atoms with Crippen LogP contribution in [0.5, 0.6) is 0 Å². The SMILES string of the molecule is CCC(CN)CCN(CC)CC1CCC1. The molecule has 1 saturated carbocycles. The number of rotatable bonds is 8. The van der Waals surface area contributed by atoms with Crippen LogP contribution in [0.15, 0.2) is 0 Å². The van der Waals surface area contributed by atoms with Crippen LogP contribution in [0.1, 0.15) is 46.0 Å². The van der Waals surface area contributed by atoms with Gasteiger partial charge in [0.15, 0.2) is 0 Å². The Bertz CT molecular complexity index is 151. The Balaban J connectivity index is 2.14. The molecule has 0 radical (unpaired) electrons. The molecule has 1 unspecified atom stereocenters. The van der Waals surface area contributed by atoms with Crippen LogP contribution in [0.2, 0.25) is 0 Å². The first-order valence-electron chi connectivity index (χ1n) is 6.72. The summed E-state index contributed by atoms with van der Waals surface area (Å²) in [7, 11) is 0. The normalized spacial score (nSPS) is 19.2. The molecule has 0 spiro atoms. The summed E-state index contributed by atoms with van der Waals surface area (Å²) in [6.45, 7) is 9.18. The Morgan fingerprint density at radius 1 is 1.33 bits per heavy atom. The van der Waals surface area contributed by atoms with Gasteiger partial charge in [-0.25, -0.2) is 0 Å². The number of hydrogen-bond acceptors (Lipinski definition) is 2. The molecule has 1 rings (SSSR count). The predicted octanol–water partition coefficient (Wildman–Crippen LogP) is 2.48. The lowest BCUT2D eigenvalue weighted by molar-refractivity contribution is 0.175. The van der Waals surface area contributed by atoms with Crippen LogP contribution in [0.3, 0.4) is 0 Å². The zero-order valence-corrected chi connectivity index (χ0v) is 10.5. The Morgan fingerprint density at radius 3 is 2.47 bits per heavy atom. The second kappa shape index (κ2) is 7.24. The molecule has 2 heteroatoms. The van der Waals surface area contributed by atoms with Gasteiger partial charge in [-0.1, -0.05) is 26.7 Å². The van der Waals surface area contributed by atoms with Gasteiger partial charge in [0.05, 0.1) is 0 Å². The van der Waals surface area contributed by atoms with Gasteiger partial charge < -0.3 is 10.6 Å². The molecule has 1 aliphatic rings. The molecule has 0 aromatic heterocycles. The van der Waals surface area contributed by atoms with Gasteiger partial charge in [-0.3, -0.25) is 0 Å². The Kier molecular flexibility index (Phi) is 6.26. The molecule has 90 valence electrons. The first kappa shape index (κ1) is 13.0. The van der Waals surface area contributed by atoms with Crippen molar-refractivity contribution in [2.75, 3.05) is 26.2 Å². The van der Waals surface area contributed by atoms with Crippen molar-refractivity contribution in [1.82, 2.24) is 4.90 Å². The zero-order valence-electron chi connectivity index (χ0n) is 10.5. The fourth-order valence-corrected chi connectivity index (χ4v) is 2.27. The van der Waals surface area contributed by atoms with Crippen LogP contribution in [-0.2, 0) is 0 Å². The number of nitrogens with two attached hydrogens (primary N) is 1. The van der Waals surface area contributed by atoms with Gasteiger partial charge in [0.2, 0.25) is 0 Å². The molecule has 1 atom stereocenters. The summed E-state index contributed by atoms with van der Waals surface area (Å²) in [6, 6.07) is 0. The zero-order chi connectivity index (χ0) is 11.1. The maximum atomic E-state index is 5.73. The van der Waals surface area contributed by atoms with Crippen LogP contribution in [0.4, 0.5) is 0 Å². The van der Waals surface area contributed by atoms with Gasteiger partial charge in [-0.05, 0) is 50.7 Å². The average Bonchev–Trinajstić information content (AvgIpc) is 2.21. The van der Waals surface area contributed by atoms with Gasteiger partial charge in [0.25, 0.3) is 0 Å². The minimum atomic E-state index is 0.737. The molecule has 0 aromatic carbocycles. The van der Waals surface area contributed by atoms with Gasteiger partial charge >= 0.3 is 0 Å². The van der Waals surface area contributed by atoms with Crippen LogP contribution in [-0.4, -0.2) is 31.1 Å². The molecule has 0 saturated heterocycles. The third-order valence-electron chi connectivity index (χ3n) is 3.95. The van der Waals surface area contributed by atoms with Crippen LogP contribution < -0.4 is 5.73 Å². The second-order valence-electron chi connectivity index (χ2n) is 4.99. The molecular weight excluding hydrogens is 184 g/mol. The third-order valence-corrected chi connectivity index (χ3v) is 3.95. The Labute approximate surface area is 95.2 Å². The minimum Gasteiger partial charge on any atom is -0.330 e. The highest BCUT2D eigenvalue weighted by Gasteiger charge is 2.20. The van der Waals surface area contributed by atoms with Crippen LogP contribution in [0.25, 0.3) is 0 Å². The van der Waals surface area contributed by atoms with Gasteiger partial charge in [0.1, 0.15) is 0 Å². The topological polar surface area (TPSA) is 29.3 Å². The molecule has 0 aromatic rings. The van der Waals surface area contributed by atoms with E-state index in [0.29, 0.717) is 0 Å². The molecule has 0 aliphatic heterocycles. The monoisotopic (exact) mass is 212 g/mol. The smallest absolute Gasteiger partial charge is 0.000954 e. The largest absolute Gasteiger partial charge is 0.330 e. The highest BCUT2D eigenvalue weighted by atomic mass is 15.1. The summed E-state index contributed by atoms with van der Waals surface area (Å²) in [5.41, 5.74) is 5.73. The van der Waals surface area contributed by atoms with Crippen LogP contribution >= 0.6 is 0 Å². The van der Waals surface area contributed by atoms with E-state index in [1.54, 1.807) is 0 Å². The second-order valence-corrected chi connectivity index (χ2v) is 4.99. The lowest BCUT2D eigenvalue weighted by Gasteiger charge is -2.32. The van der Waals surface area contributed by atoms with Crippen molar-refractivity contribution >= 4 is 0 Å². The maximum absolute atomic E-state index is 5.73. The predicted molar refractivity (Wildman–Crippen MR) is 66.9 cm³/mol. The van der Waals surface area contributed by atoms with E-state index < -0.39 is 0 Å². The van der Waals surface area contributed by atoms with Gasteiger partial charge in [-0.15, -0.1) is 0 Å². The molecule has 0 bridgehead atoms. The molecule has 1 aliphatic carbocycles. The van der Waals surface area contributed by atoms with E-state index >= 15 is 0 Å². The summed E-state index contributed by atoms with van der Waals surface area (Å²) >= 11 is 0. The summed E-state index contributed by atoms with van der Waals surface area (Å²) in [4.78, 5) is 2.61.